The van der Waals surface area contributed by atoms with Crippen molar-refractivity contribution in [1.29, 1.82) is 0 Å². The average molecular weight is 367 g/mol. The van der Waals surface area contributed by atoms with Crippen LogP contribution < -0.4 is 15.0 Å². The Morgan fingerprint density at radius 3 is 2.89 bits per heavy atom. The summed E-state index contributed by atoms with van der Waals surface area (Å²) in [6.07, 6.45) is 2.28. The Kier molecular flexibility index (Phi) is 4.68. The molecule has 0 amide bonds. The van der Waals surface area contributed by atoms with E-state index in [1.165, 1.54) is 0 Å². The topological polar surface area (TPSA) is 80.6 Å². The van der Waals surface area contributed by atoms with E-state index in [4.69, 9.17) is 13.9 Å². The summed E-state index contributed by atoms with van der Waals surface area (Å²) in [6, 6.07) is 9.35. The number of hydrogen-bond acceptors (Lipinski definition) is 6. The van der Waals surface area contributed by atoms with E-state index in [0.717, 1.165) is 29.3 Å². The van der Waals surface area contributed by atoms with Crippen LogP contribution in [0, 0.1) is 0 Å². The maximum atomic E-state index is 12.6. The smallest absolute Gasteiger partial charge is 0.256 e. The van der Waals surface area contributed by atoms with Crippen molar-refractivity contribution in [3.05, 3.63) is 63.8 Å². The fourth-order valence-corrected chi connectivity index (χ4v) is 3.37. The van der Waals surface area contributed by atoms with E-state index in [1.807, 2.05) is 18.2 Å². The third-order valence-corrected chi connectivity index (χ3v) is 4.79. The van der Waals surface area contributed by atoms with Crippen molar-refractivity contribution >= 4 is 0 Å². The normalized spacial score (nSPS) is 14.0. The lowest BCUT2D eigenvalue weighted by atomic mass is 10.1. The number of aromatic amines is 1. The summed E-state index contributed by atoms with van der Waals surface area (Å²) in [4.78, 5) is 22.2. The second-order valence-corrected chi connectivity index (χ2v) is 6.46. The molecule has 1 aliphatic rings. The summed E-state index contributed by atoms with van der Waals surface area (Å²) in [7, 11) is 3.28. The van der Waals surface area contributed by atoms with Gasteiger partial charge in [0, 0.05) is 37.7 Å². The number of aromatic nitrogens is 2. The van der Waals surface area contributed by atoms with E-state index >= 15 is 0 Å². The maximum Gasteiger partial charge on any atom is 0.256 e. The van der Waals surface area contributed by atoms with Gasteiger partial charge in [0.15, 0.2) is 11.6 Å². The second-order valence-electron chi connectivity index (χ2n) is 6.46. The molecule has 0 bridgehead atoms. The van der Waals surface area contributed by atoms with Gasteiger partial charge < -0.3 is 18.9 Å². The molecule has 3 heterocycles. The molecule has 0 aliphatic carbocycles. The summed E-state index contributed by atoms with van der Waals surface area (Å²) in [5, 5.41) is 0. The molecule has 0 atom stereocenters. The Morgan fingerprint density at radius 1 is 1.26 bits per heavy atom. The molecule has 1 aromatic carbocycles. The van der Waals surface area contributed by atoms with Crippen LogP contribution in [-0.4, -0.2) is 35.6 Å². The Morgan fingerprint density at radius 2 is 2.15 bits per heavy atom. The quantitative estimate of drug-likeness (QED) is 0.747. The van der Waals surface area contributed by atoms with E-state index in [0.29, 0.717) is 36.7 Å². The molecule has 0 radical (unpaired) electrons. The Balaban J connectivity index is 1.56. The first kappa shape index (κ1) is 17.4. The Hall–Kier alpha value is -3.06. The van der Waals surface area contributed by atoms with Crippen LogP contribution in [0.25, 0.3) is 11.6 Å². The van der Waals surface area contributed by atoms with E-state index in [-0.39, 0.29) is 5.56 Å². The van der Waals surface area contributed by atoms with E-state index in [2.05, 4.69) is 14.9 Å². The molecule has 7 nitrogen and oxygen atoms in total. The van der Waals surface area contributed by atoms with Crippen LogP contribution in [0.2, 0.25) is 0 Å². The van der Waals surface area contributed by atoms with Crippen molar-refractivity contribution < 1.29 is 13.9 Å². The summed E-state index contributed by atoms with van der Waals surface area (Å²) >= 11 is 0. The molecule has 0 spiro atoms. The number of methoxy groups -OCH3 is 2. The van der Waals surface area contributed by atoms with Crippen molar-refractivity contribution in [2.24, 2.45) is 0 Å². The fourth-order valence-electron chi connectivity index (χ4n) is 3.37. The number of fused-ring (bicyclic) bond motifs is 1. The highest BCUT2D eigenvalue weighted by Crippen LogP contribution is 2.27. The minimum absolute atomic E-state index is 0.113. The number of rotatable bonds is 5. The van der Waals surface area contributed by atoms with Gasteiger partial charge in [0.25, 0.3) is 5.56 Å². The van der Waals surface area contributed by atoms with Crippen LogP contribution >= 0.6 is 0 Å². The molecule has 140 valence electrons. The zero-order valence-corrected chi connectivity index (χ0v) is 15.3. The van der Waals surface area contributed by atoms with Gasteiger partial charge in [0.05, 0.1) is 31.7 Å². The minimum Gasteiger partial charge on any atom is -0.497 e. The number of nitrogens with zero attached hydrogens (tertiary/aromatic N) is 2. The molecule has 27 heavy (non-hydrogen) atoms. The highest BCUT2D eigenvalue weighted by Gasteiger charge is 2.23. The van der Waals surface area contributed by atoms with Crippen LogP contribution in [0.15, 0.2) is 45.8 Å². The van der Waals surface area contributed by atoms with Crippen molar-refractivity contribution in [3.8, 4) is 23.1 Å². The second kappa shape index (κ2) is 7.28. The highest BCUT2D eigenvalue weighted by molar-refractivity contribution is 5.47. The molecule has 7 heteroatoms. The van der Waals surface area contributed by atoms with Gasteiger partial charge in [0.1, 0.15) is 11.5 Å². The zero-order chi connectivity index (χ0) is 18.8. The molecule has 4 rings (SSSR count). The average Bonchev–Trinajstić information content (AvgIpc) is 3.23. The molecule has 1 N–H and O–H groups in total. The van der Waals surface area contributed by atoms with Crippen molar-refractivity contribution in [2.45, 2.75) is 19.5 Å². The summed E-state index contributed by atoms with van der Waals surface area (Å²) < 4.78 is 16.1. The number of ether oxygens (including phenoxy) is 2. The molecule has 2 aromatic heterocycles. The molecular weight excluding hydrogens is 346 g/mol. The first-order valence-corrected chi connectivity index (χ1v) is 8.77. The Bertz CT molecular complexity index is 995. The van der Waals surface area contributed by atoms with Gasteiger partial charge in [-0.3, -0.25) is 9.69 Å². The lowest BCUT2D eigenvalue weighted by molar-refractivity contribution is 0.238. The lowest BCUT2D eigenvalue weighted by Crippen LogP contribution is -2.35. The number of furan rings is 1. The van der Waals surface area contributed by atoms with Gasteiger partial charge >= 0.3 is 0 Å². The summed E-state index contributed by atoms with van der Waals surface area (Å²) in [6.45, 7) is 2.05. The molecular formula is C20H21N3O4. The van der Waals surface area contributed by atoms with Crippen LogP contribution in [-0.2, 0) is 19.5 Å². The third-order valence-electron chi connectivity index (χ3n) is 4.79. The monoisotopic (exact) mass is 367 g/mol. The third kappa shape index (κ3) is 3.46. The van der Waals surface area contributed by atoms with E-state index < -0.39 is 0 Å². The van der Waals surface area contributed by atoms with E-state index in [9.17, 15) is 4.79 Å². The number of nitrogens with one attached hydrogen (secondary N) is 1. The fraction of sp³-hybridized carbons (Fsp3) is 0.300. The van der Waals surface area contributed by atoms with Crippen LogP contribution in [0.5, 0.6) is 11.5 Å². The molecule has 0 saturated heterocycles. The van der Waals surface area contributed by atoms with Gasteiger partial charge in [-0.2, -0.15) is 0 Å². The van der Waals surface area contributed by atoms with Crippen molar-refractivity contribution in [2.75, 3.05) is 20.8 Å². The van der Waals surface area contributed by atoms with Gasteiger partial charge in [0.2, 0.25) is 0 Å². The van der Waals surface area contributed by atoms with E-state index in [1.54, 1.807) is 32.6 Å². The summed E-state index contributed by atoms with van der Waals surface area (Å²) in [5.74, 6) is 2.58. The largest absolute Gasteiger partial charge is 0.497 e. The highest BCUT2D eigenvalue weighted by atomic mass is 16.5. The molecule has 0 fully saturated rings. The summed E-state index contributed by atoms with van der Waals surface area (Å²) in [5.41, 5.74) is 2.49. The van der Waals surface area contributed by atoms with Gasteiger partial charge in [-0.15, -0.1) is 0 Å². The molecule has 0 unspecified atom stereocenters. The van der Waals surface area contributed by atoms with Gasteiger partial charge in [-0.05, 0) is 18.2 Å². The SMILES string of the molecule is COc1ccc(CN2CCc3nc(-c4ccco4)[nH]c(=O)c3C2)c(OC)c1. The van der Waals surface area contributed by atoms with Gasteiger partial charge in [-0.1, -0.05) is 6.07 Å². The number of H-pyrrole nitrogens is 1. The standard InChI is InChI=1S/C20H21N3O4/c1-25-14-6-5-13(18(10-14)26-2)11-23-8-7-16-15(12-23)20(24)22-19(21-16)17-4-3-9-27-17/h3-6,9-10H,7-8,11-12H2,1-2H3,(H,21,22,24). The first-order chi connectivity index (χ1) is 13.2. The number of hydrogen-bond donors (Lipinski definition) is 1. The van der Waals surface area contributed by atoms with Crippen molar-refractivity contribution in [1.82, 2.24) is 14.9 Å². The first-order valence-electron chi connectivity index (χ1n) is 8.77. The van der Waals surface area contributed by atoms with Crippen LogP contribution in [0.4, 0.5) is 0 Å². The maximum absolute atomic E-state index is 12.6. The van der Waals surface area contributed by atoms with Gasteiger partial charge in [-0.25, -0.2) is 4.98 Å². The predicted octanol–water partition coefficient (Wildman–Crippen LogP) is 2.61. The zero-order valence-electron chi connectivity index (χ0n) is 15.3. The predicted molar refractivity (Wildman–Crippen MR) is 99.9 cm³/mol. The van der Waals surface area contributed by atoms with Crippen molar-refractivity contribution in [3.63, 3.8) is 0 Å². The molecule has 1 aliphatic heterocycles. The minimum atomic E-state index is -0.113. The van der Waals surface area contributed by atoms with Crippen LogP contribution in [0.3, 0.4) is 0 Å². The number of benzene rings is 1. The molecule has 0 saturated carbocycles. The molecule has 3 aromatic rings. The van der Waals surface area contributed by atoms with Crippen LogP contribution in [0.1, 0.15) is 16.8 Å². The lowest BCUT2D eigenvalue weighted by Gasteiger charge is -2.28. The Labute approximate surface area is 156 Å².